The molecule has 8 heteroatoms. The van der Waals surface area contributed by atoms with Gasteiger partial charge in [0.25, 0.3) is 0 Å². The molecule has 3 N–H and O–H groups in total. The number of hydrogen-bond donors (Lipinski definition) is 3. The second-order valence-electron chi connectivity index (χ2n) is 5.63. The zero-order chi connectivity index (χ0) is 18.4. The average Bonchev–Trinajstić information content (AvgIpc) is 3.19. The number of nitrogens with one attached hydrogen (secondary N) is 2. The summed E-state index contributed by atoms with van der Waals surface area (Å²) in [6.45, 7) is 0.270. The summed E-state index contributed by atoms with van der Waals surface area (Å²) in [7, 11) is 0. The molecule has 0 fully saturated rings. The number of pyridine rings is 1. The first-order valence-corrected chi connectivity index (χ1v) is 8.00. The van der Waals surface area contributed by atoms with Crippen LogP contribution in [0.2, 0.25) is 0 Å². The van der Waals surface area contributed by atoms with Crippen molar-refractivity contribution in [3.05, 3.63) is 78.3 Å². The fourth-order valence-corrected chi connectivity index (χ4v) is 2.33. The summed E-state index contributed by atoms with van der Waals surface area (Å²) in [6, 6.07) is 8.88. The third-order valence-electron chi connectivity index (χ3n) is 3.72. The molecule has 0 aliphatic heterocycles. The molecule has 0 saturated carbocycles. The zero-order valence-corrected chi connectivity index (χ0v) is 13.8. The number of carbonyl (C=O) groups is 1. The highest BCUT2D eigenvalue weighted by Crippen LogP contribution is 2.12. The van der Waals surface area contributed by atoms with E-state index in [1.807, 2.05) is 12.1 Å². The number of imidazole rings is 1. The summed E-state index contributed by atoms with van der Waals surface area (Å²) >= 11 is 0. The molecule has 3 aromatic rings. The SMILES string of the molecule is O=C(NCc1ccc(-n2ccnc2)nc1)NCC(O)c1cccc(F)c1. The highest BCUT2D eigenvalue weighted by molar-refractivity contribution is 5.73. The number of aromatic nitrogens is 3. The molecule has 2 aromatic heterocycles. The Morgan fingerprint density at radius 3 is 2.85 bits per heavy atom. The van der Waals surface area contributed by atoms with Gasteiger partial charge >= 0.3 is 6.03 Å². The molecule has 0 spiro atoms. The van der Waals surface area contributed by atoms with Gasteiger partial charge < -0.3 is 15.7 Å². The maximum absolute atomic E-state index is 13.1. The van der Waals surface area contributed by atoms with Crippen molar-refractivity contribution < 1.29 is 14.3 Å². The topological polar surface area (TPSA) is 92.1 Å². The molecular formula is C18H18FN5O2. The van der Waals surface area contributed by atoms with Crippen molar-refractivity contribution >= 4 is 6.03 Å². The van der Waals surface area contributed by atoms with Crippen molar-refractivity contribution in [2.24, 2.45) is 0 Å². The van der Waals surface area contributed by atoms with Crippen molar-refractivity contribution in [2.45, 2.75) is 12.6 Å². The first-order valence-electron chi connectivity index (χ1n) is 8.00. The number of halogens is 1. The van der Waals surface area contributed by atoms with Gasteiger partial charge in [-0.15, -0.1) is 0 Å². The van der Waals surface area contributed by atoms with Crippen LogP contribution in [0.4, 0.5) is 9.18 Å². The van der Waals surface area contributed by atoms with Crippen LogP contribution < -0.4 is 10.6 Å². The molecule has 0 saturated heterocycles. The summed E-state index contributed by atoms with van der Waals surface area (Å²) in [4.78, 5) is 20.1. The number of hydrogen-bond acceptors (Lipinski definition) is 4. The summed E-state index contributed by atoms with van der Waals surface area (Å²) in [5.41, 5.74) is 1.24. The van der Waals surface area contributed by atoms with Crippen molar-refractivity contribution in [2.75, 3.05) is 6.54 Å². The van der Waals surface area contributed by atoms with Gasteiger partial charge in [-0.2, -0.15) is 0 Å². The van der Waals surface area contributed by atoms with E-state index in [4.69, 9.17) is 0 Å². The zero-order valence-electron chi connectivity index (χ0n) is 13.8. The Balaban J connectivity index is 1.45. The summed E-state index contributed by atoms with van der Waals surface area (Å²) in [6.07, 6.45) is 5.79. The maximum Gasteiger partial charge on any atom is 0.315 e. The monoisotopic (exact) mass is 355 g/mol. The highest BCUT2D eigenvalue weighted by Gasteiger charge is 2.10. The van der Waals surface area contributed by atoms with Crippen LogP contribution in [0.25, 0.3) is 5.82 Å². The third-order valence-corrected chi connectivity index (χ3v) is 3.72. The summed E-state index contributed by atoms with van der Waals surface area (Å²) in [5, 5.41) is 15.2. The lowest BCUT2D eigenvalue weighted by molar-refractivity contribution is 0.172. The first kappa shape index (κ1) is 17.6. The number of aliphatic hydroxyl groups excluding tert-OH is 1. The van der Waals surface area contributed by atoms with E-state index in [0.717, 1.165) is 11.4 Å². The molecule has 0 aliphatic carbocycles. The van der Waals surface area contributed by atoms with Gasteiger partial charge in [0.15, 0.2) is 0 Å². The van der Waals surface area contributed by atoms with Crippen LogP contribution in [-0.4, -0.2) is 32.2 Å². The van der Waals surface area contributed by atoms with E-state index in [2.05, 4.69) is 20.6 Å². The minimum Gasteiger partial charge on any atom is -0.387 e. The number of nitrogens with zero attached hydrogens (tertiary/aromatic N) is 3. The lowest BCUT2D eigenvalue weighted by Crippen LogP contribution is -2.37. The van der Waals surface area contributed by atoms with Gasteiger partial charge in [-0.3, -0.25) is 4.57 Å². The van der Waals surface area contributed by atoms with E-state index < -0.39 is 18.0 Å². The standard InChI is InChI=1S/C18H18FN5O2/c19-15-3-1-2-14(8-15)16(25)11-23-18(26)22-10-13-4-5-17(21-9-13)24-7-6-20-12-24/h1-9,12,16,25H,10-11H2,(H2,22,23,26). The Hall–Kier alpha value is -3.26. The Bertz CT molecular complexity index is 852. The Labute approximate surface area is 149 Å². The Kier molecular flexibility index (Phi) is 5.55. The Morgan fingerprint density at radius 1 is 1.27 bits per heavy atom. The number of rotatable bonds is 6. The molecule has 7 nitrogen and oxygen atoms in total. The van der Waals surface area contributed by atoms with Crippen LogP contribution in [0.1, 0.15) is 17.2 Å². The molecule has 0 bridgehead atoms. The number of carbonyl (C=O) groups excluding carboxylic acids is 1. The van der Waals surface area contributed by atoms with Crippen molar-refractivity contribution in [3.8, 4) is 5.82 Å². The maximum atomic E-state index is 13.1. The van der Waals surface area contributed by atoms with Gasteiger partial charge in [-0.25, -0.2) is 19.2 Å². The first-order chi connectivity index (χ1) is 12.6. The highest BCUT2D eigenvalue weighted by atomic mass is 19.1. The van der Waals surface area contributed by atoms with E-state index in [1.165, 1.54) is 18.2 Å². The van der Waals surface area contributed by atoms with Crippen LogP contribution in [0.15, 0.2) is 61.3 Å². The Morgan fingerprint density at radius 2 is 2.15 bits per heavy atom. The minimum absolute atomic E-state index is 0.0207. The molecule has 2 amide bonds. The lowest BCUT2D eigenvalue weighted by atomic mass is 10.1. The average molecular weight is 355 g/mol. The summed E-state index contributed by atoms with van der Waals surface area (Å²) < 4.78 is 14.9. The molecule has 0 aliphatic rings. The number of benzene rings is 1. The number of urea groups is 1. The van der Waals surface area contributed by atoms with Crippen LogP contribution in [0.3, 0.4) is 0 Å². The predicted octanol–water partition coefficient (Wildman–Crippen LogP) is 1.94. The second kappa shape index (κ2) is 8.21. The van der Waals surface area contributed by atoms with Crippen LogP contribution in [-0.2, 0) is 6.54 Å². The van der Waals surface area contributed by atoms with E-state index in [9.17, 15) is 14.3 Å². The fourth-order valence-electron chi connectivity index (χ4n) is 2.33. The molecule has 1 aromatic carbocycles. The van der Waals surface area contributed by atoms with E-state index in [-0.39, 0.29) is 6.54 Å². The van der Waals surface area contributed by atoms with Crippen molar-refractivity contribution in [1.29, 1.82) is 0 Å². The van der Waals surface area contributed by atoms with Crippen LogP contribution in [0.5, 0.6) is 0 Å². The van der Waals surface area contributed by atoms with Crippen LogP contribution >= 0.6 is 0 Å². The van der Waals surface area contributed by atoms with Crippen molar-refractivity contribution in [1.82, 2.24) is 25.2 Å². The van der Waals surface area contributed by atoms with Gasteiger partial charge in [-0.1, -0.05) is 18.2 Å². The summed E-state index contributed by atoms with van der Waals surface area (Å²) in [5.74, 6) is 0.298. The molecule has 2 heterocycles. The molecule has 1 atom stereocenters. The third kappa shape index (κ3) is 4.64. The van der Waals surface area contributed by atoms with Gasteiger partial charge in [0.2, 0.25) is 0 Å². The molecule has 3 rings (SSSR count). The van der Waals surface area contributed by atoms with E-state index >= 15 is 0 Å². The van der Waals surface area contributed by atoms with Crippen molar-refractivity contribution in [3.63, 3.8) is 0 Å². The van der Waals surface area contributed by atoms with E-state index in [1.54, 1.807) is 35.6 Å². The second-order valence-corrected chi connectivity index (χ2v) is 5.63. The molecule has 0 radical (unpaired) electrons. The molecular weight excluding hydrogens is 337 g/mol. The quantitative estimate of drug-likeness (QED) is 0.630. The molecule has 1 unspecified atom stereocenters. The predicted molar refractivity (Wildman–Crippen MR) is 93.0 cm³/mol. The molecule has 134 valence electrons. The number of amides is 2. The van der Waals surface area contributed by atoms with Crippen LogP contribution in [0, 0.1) is 5.82 Å². The normalized spacial score (nSPS) is 11.8. The van der Waals surface area contributed by atoms with Gasteiger partial charge in [0.1, 0.15) is 18.0 Å². The smallest absolute Gasteiger partial charge is 0.315 e. The molecule has 26 heavy (non-hydrogen) atoms. The minimum atomic E-state index is -0.979. The van der Waals surface area contributed by atoms with Gasteiger partial charge in [-0.05, 0) is 29.3 Å². The van der Waals surface area contributed by atoms with E-state index in [0.29, 0.717) is 12.1 Å². The fraction of sp³-hybridized carbons (Fsp3) is 0.167. The van der Waals surface area contributed by atoms with Gasteiger partial charge in [0, 0.05) is 31.7 Å². The lowest BCUT2D eigenvalue weighted by Gasteiger charge is -2.13. The largest absolute Gasteiger partial charge is 0.387 e. The van der Waals surface area contributed by atoms with Gasteiger partial charge in [0.05, 0.1) is 6.10 Å². The number of aliphatic hydroxyl groups is 1.